The van der Waals surface area contributed by atoms with Crippen molar-refractivity contribution in [3.05, 3.63) is 47.3 Å². The molecule has 4 atom stereocenters. The predicted molar refractivity (Wildman–Crippen MR) is 175 cm³/mol. The van der Waals surface area contributed by atoms with E-state index in [9.17, 15) is 14.4 Å². The highest BCUT2D eigenvalue weighted by atomic mass is 28.3. The summed E-state index contributed by atoms with van der Waals surface area (Å²) in [5, 5.41) is 0.844. The molecule has 0 radical (unpaired) electrons. The molecule has 0 bridgehead atoms. The van der Waals surface area contributed by atoms with Gasteiger partial charge in [-0.25, -0.2) is 4.79 Å². The van der Waals surface area contributed by atoms with Crippen LogP contribution >= 0.6 is 0 Å². The Morgan fingerprint density at radius 3 is 2.14 bits per heavy atom. The summed E-state index contributed by atoms with van der Waals surface area (Å²) in [5.74, 6) is 0.847. The molecule has 1 amide bonds. The van der Waals surface area contributed by atoms with Gasteiger partial charge >= 0.3 is 6.09 Å². The van der Waals surface area contributed by atoms with Crippen molar-refractivity contribution in [1.29, 1.82) is 0 Å². The second-order valence-electron chi connectivity index (χ2n) is 14.7. The van der Waals surface area contributed by atoms with E-state index in [4.69, 9.17) is 4.74 Å². The minimum Gasteiger partial charge on any atom is -0.446 e. The molecule has 1 saturated carbocycles. The van der Waals surface area contributed by atoms with E-state index in [2.05, 4.69) is 86.6 Å². The number of nitrogens with zero attached hydrogens (tertiary/aromatic N) is 1. The summed E-state index contributed by atoms with van der Waals surface area (Å²) in [5.41, 5.74) is 2.08. The molecule has 0 N–H and O–H groups in total. The Morgan fingerprint density at radius 1 is 1.00 bits per heavy atom. The van der Waals surface area contributed by atoms with E-state index in [-0.39, 0.29) is 41.8 Å². The van der Waals surface area contributed by atoms with Crippen molar-refractivity contribution in [2.45, 2.75) is 148 Å². The maximum atomic E-state index is 14.3. The first-order valence-corrected chi connectivity index (χ1v) is 18.7. The molecule has 42 heavy (non-hydrogen) atoms. The normalized spacial score (nSPS) is 23.9. The Balaban J connectivity index is 2.05. The third kappa shape index (κ3) is 6.95. The van der Waals surface area contributed by atoms with Crippen LogP contribution in [0.15, 0.2) is 41.7 Å². The summed E-state index contributed by atoms with van der Waals surface area (Å²) >= 11 is 0. The van der Waals surface area contributed by atoms with E-state index < -0.39 is 20.2 Å². The molecule has 0 aromatic heterocycles. The highest BCUT2D eigenvalue weighted by molar-refractivity contribution is 6.93. The summed E-state index contributed by atoms with van der Waals surface area (Å²) in [7, 11) is -2.34. The Bertz CT molecular complexity index is 1100. The number of amides is 1. The van der Waals surface area contributed by atoms with Gasteiger partial charge in [-0.05, 0) is 58.0 Å². The quantitative estimate of drug-likeness (QED) is 0.239. The van der Waals surface area contributed by atoms with E-state index in [1.54, 1.807) is 4.90 Å². The lowest BCUT2D eigenvalue weighted by Gasteiger charge is -2.47. The Labute approximate surface area is 256 Å². The molecule has 1 aliphatic heterocycles. The van der Waals surface area contributed by atoms with Gasteiger partial charge in [0.15, 0.2) is 5.78 Å². The highest BCUT2D eigenvalue weighted by Crippen LogP contribution is 2.49. The fourth-order valence-corrected chi connectivity index (χ4v) is 15.4. The van der Waals surface area contributed by atoms with Crippen molar-refractivity contribution in [2.24, 2.45) is 11.8 Å². The van der Waals surface area contributed by atoms with E-state index in [1.807, 2.05) is 19.2 Å². The first-order valence-electron chi connectivity index (χ1n) is 16.5. The zero-order valence-electron chi connectivity index (χ0n) is 28.0. The molecule has 1 aliphatic carbocycles. The van der Waals surface area contributed by atoms with Crippen LogP contribution in [-0.4, -0.2) is 42.8 Å². The topological polar surface area (TPSA) is 63.7 Å². The monoisotopic (exact) mass is 595 g/mol. The first kappa shape index (κ1) is 34.3. The fraction of sp³-hybridized carbons (Fsp3) is 0.694. The number of rotatable bonds is 11. The molecule has 234 valence electrons. The van der Waals surface area contributed by atoms with Crippen molar-refractivity contribution in [3.8, 4) is 0 Å². The third-order valence-corrected chi connectivity index (χ3v) is 17.7. The molecule has 1 heterocycles. The summed E-state index contributed by atoms with van der Waals surface area (Å²) in [6.07, 6.45) is 5.73. The van der Waals surface area contributed by atoms with Crippen LogP contribution in [0.4, 0.5) is 4.79 Å². The van der Waals surface area contributed by atoms with Crippen molar-refractivity contribution in [2.75, 3.05) is 0 Å². The maximum absolute atomic E-state index is 14.3. The van der Waals surface area contributed by atoms with Crippen LogP contribution in [-0.2, 0) is 19.7 Å². The van der Waals surface area contributed by atoms with Crippen LogP contribution in [0.25, 0.3) is 0 Å². The predicted octanol–water partition coefficient (Wildman–Crippen LogP) is 9.41. The zero-order valence-corrected chi connectivity index (χ0v) is 29.0. The lowest BCUT2D eigenvalue weighted by atomic mass is 9.64. The van der Waals surface area contributed by atoms with Crippen LogP contribution in [0, 0.1) is 11.8 Å². The molecule has 0 unspecified atom stereocenters. The minimum absolute atomic E-state index is 0.0967. The van der Waals surface area contributed by atoms with Gasteiger partial charge < -0.3 is 4.74 Å². The Kier molecular flexibility index (Phi) is 11.5. The van der Waals surface area contributed by atoms with Gasteiger partial charge in [0.05, 0.1) is 6.04 Å². The highest BCUT2D eigenvalue weighted by Gasteiger charge is 2.51. The molecule has 6 heteroatoms. The number of Topliss-reactive ketones (excluding diaryl/α,β-unsaturated/α-hetero) is 2. The van der Waals surface area contributed by atoms with Gasteiger partial charge in [-0.1, -0.05) is 106 Å². The zero-order chi connectivity index (χ0) is 31.4. The number of carbonyl (C=O) groups excluding carboxylic acids is 3. The molecular weight excluding hydrogens is 538 g/mol. The smallest absolute Gasteiger partial charge is 0.414 e. The number of hydrogen-bond donors (Lipinski definition) is 0. The van der Waals surface area contributed by atoms with Gasteiger partial charge in [0.25, 0.3) is 0 Å². The average molecular weight is 596 g/mol. The van der Waals surface area contributed by atoms with E-state index in [0.29, 0.717) is 29.0 Å². The number of carbonyl (C=O) groups is 3. The number of hydrogen-bond acceptors (Lipinski definition) is 4. The Morgan fingerprint density at radius 2 is 1.60 bits per heavy atom. The van der Waals surface area contributed by atoms with Crippen LogP contribution in [0.5, 0.6) is 0 Å². The Hall–Kier alpha value is -2.21. The van der Waals surface area contributed by atoms with Crippen LogP contribution in [0.3, 0.4) is 0 Å². The molecule has 0 saturated heterocycles. The molecule has 0 spiro atoms. The van der Waals surface area contributed by atoms with Gasteiger partial charge in [0.1, 0.15) is 20.0 Å². The standard InChI is InChI=1S/C36H57NO4Si/c1-11-15-30(38)21-29-22-32(39)34(42(24(2)3,25(4)5)26(6)7)23-37(29)35(40)41-33-20-27(8)18-19-31(33)36(9,10)28-16-13-12-14-17-28/h12-14,16-17,23-27,29,31,33H,11,15,18-22H2,1-10H3/t27-,29-,31-,33-/m1/s1. The van der Waals surface area contributed by atoms with E-state index in [1.165, 1.54) is 5.56 Å². The molecule has 2 aliphatic rings. The van der Waals surface area contributed by atoms with Crippen molar-refractivity contribution in [1.82, 2.24) is 4.90 Å². The minimum atomic E-state index is -2.34. The maximum Gasteiger partial charge on any atom is 0.414 e. The van der Waals surface area contributed by atoms with Crippen molar-refractivity contribution in [3.63, 3.8) is 0 Å². The van der Waals surface area contributed by atoms with Crippen LogP contribution < -0.4 is 0 Å². The number of ether oxygens (including phenoxy) is 1. The second-order valence-corrected chi connectivity index (χ2v) is 20.5. The molecule has 1 aromatic carbocycles. The van der Waals surface area contributed by atoms with E-state index >= 15 is 0 Å². The number of ketones is 2. The largest absolute Gasteiger partial charge is 0.446 e. The third-order valence-electron chi connectivity index (χ3n) is 10.7. The molecule has 3 rings (SSSR count). The summed E-state index contributed by atoms with van der Waals surface area (Å²) in [6.45, 7) is 22.2. The molecule has 1 aromatic rings. The van der Waals surface area contributed by atoms with Crippen molar-refractivity contribution >= 4 is 25.7 Å². The summed E-state index contributed by atoms with van der Waals surface area (Å²) < 4.78 is 6.51. The van der Waals surface area contributed by atoms with Crippen LogP contribution in [0.2, 0.25) is 16.6 Å². The average Bonchev–Trinajstić information content (AvgIpc) is 2.90. The van der Waals surface area contributed by atoms with Gasteiger partial charge in [-0.2, -0.15) is 0 Å². The van der Waals surface area contributed by atoms with E-state index in [0.717, 1.165) is 30.9 Å². The number of benzene rings is 1. The first-order chi connectivity index (χ1) is 19.7. The van der Waals surface area contributed by atoms with Gasteiger partial charge in [-0.3, -0.25) is 14.5 Å². The molecule has 5 nitrogen and oxygen atoms in total. The second kappa shape index (κ2) is 14.0. The summed E-state index contributed by atoms with van der Waals surface area (Å²) in [6, 6.07) is 10.0. The number of allylic oxidation sites excluding steroid dienone is 1. The summed E-state index contributed by atoms with van der Waals surface area (Å²) in [4.78, 5) is 42.7. The lowest BCUT2D eigenvalue weighted by molar-refractivity contribution is -0.121. The van der Waals surface area contributed by atoms with Gasteiger partial charge in [0, 0.05) is 31.4 Å². The van der Waals surface area contributed by atoms with Gasteiger partial charge in [-0.15, -0.1) is 0 Å². The molecular formula is C36H57NO4Si. The SMILES string of the molecule is CCCC(=O)C[C@@H]1CC(=O)C([Si](C(C)C)(C(C)C)C(C)C)=CN1C(=O)O[C@@H]1C[C@H](C)CC[C@H]1C(C)(C)c1ccccc1. The van der Waals surface area contributed by atoms with Crippen LogP contribution in [0.1, 0.15) is 120 Å². The van der Waals surface area contributed by atoms with Gasteiger partial charge in [0.2, 0.25) is 0 Å². The van der Waals surface area contributed by atoms with Crippen molar-refractivity contribution < 1.29 is 19.1 Å². The molecule has 1 fully saturated rings. The lowest BCUT2D eigenvalue weighted by Crippen LogP contribution is -2.54. The fourth-order valence-electron chi connectivity index (χ4n) is 8.60.